The number of benzene rings is 1. The molecule has 0 saturated carbocycles. The number of rotatable bonds is 2. The van der Waals surface area contributed by atoms with E-state index in [9.17, 15) is 4.79 Å². The zero-order chi connectivity index (χ0) is 11.5. The molecule has 0 amide bonds. The van der Waals surface area contributed by atoms with Gasteiger partial charge >= 0.3 is 0 Å². The van der Waals surface area contributed by atoms with Crippen LogP contribution in [0.4, 0.5) is 0 Å². The topological polar surface area (TPSA) is 20.3 Å². The van der Waals surface area contributed by atoms with E-state index in [4.69, 9.17) is 0 Å². The van der Waals surface area contributed by atoms with Gasteiger partial charge in [-0.2, -0.15) is 0 Å². The number of carbonyl (C=O) groups excluding carboxylic acids is 1. The molecule has 1 atom stereocenters. The molecule has 1 fully saturated rings. The average Bonchev–Trinajstić information content (AvgIpc) is 2.25. The van der Waals surface area contributed by atoms with E-state index >= 15 is 0 Å². The number of hydrogen-bond acceptors (Lipinski definition) is 2. The third-order valence-electron chi connectivity index (χ3n) is 3.12. The van der Waals surface area contributed by atoms with E-state index in [1.807, 2.05) is 0 Å². The van der Waals surface area contributed by atoms with Crippen LogP contribution < -0.4 is 0 Å². The van der Waals surface area contributed by atoms with Crippen molar-refractivity contribution in [3.63, 3.8) is 0 Å². The van der Waals surface area contributed by atoms with Gasteiger partial charge in [0.25, 0.3) is 0 Å². The van der Waals surface area contributed by atoms with Crippen LogP contribution in [0, 0.1) is 0 Å². The lowest BCUT2D eigenvalue weighted by Crippen LogP contribution is -2.40. The molecule has 0 aliphatic carbocycles. The highest BCUT2D eigenvalue weighted by atomic mass is 79.9. The summed E-state index contributed by atoms with van der Waals surface area (Å²) < 4.78 is 1.11. The predicted molar refractivity (Wildman–Crippen MR) is 68.3 cm³/mol. The zero-order valence-electron chi connectivity index (χ0n) is 9.45. The maximum Gasteiger partial charge on any atom is 0.135 e. The molecule has 1 aromatic carbocycles. The van der Waals surface area contributed by atoms with Crippen LogP contribution in [-0.4, -0.2) is 23.3 Å². The summed E-state index contributed by atoms with van der Waals surface area (Å²) in [6.07, 6.45) is 1.41. The second-order valence-electron chi connectivity index (χ2n) is 4.44. The van der Waals surface area contributed by atoms with Crippen LogP contribution in [0.5, 0.6) is 0 Å². The van der Waals surface area contributed by atoms with Crippen molar-refractivity contribution < 1.29 is 4.79 Å². The highest BCUT2D eigenvalue weighted by molar-refractivity contribution is 9.10. The summed E-state index contributed by atoms with van der Waals surface area (Å²) in [6, 6.07) is 8.77. The normalized spacial score (nSPS) is 22.4. The van der Waals surface area contributed by atoms with Crippen molar-refractivity contribution in [3.8, 4) is 0 Å². The lowest BCUT2D eigenvalue weighted by atomic mass is 10.0. The van der Waals surface area contributed by atoms with E-state index in [0.717, 1.165) is 17.6 Å². The summed E-state index contributed by atoms with van der Waals surface area (Å²) in [4.78, 5) is 13.7. The minimum Gasteiger partial charge on any atom is -0.300 e. The molecule has 16 heavy (non-hydrogen) atoms. The largest absolute Gasteiger partial charge is 0.300 e. The fraction of sp³-hybridized carbons (Fsp3) is 0.462. The van der Waals surface area contributed by atoms with Crippen LogP contribution in [-0.2, 0) is 11.3 Å². The molecule has 1 saturated heterocycles. The molecule has 0 bridgehead atoms. The van der Waals surface area contributed by atoms with Gasteiger partial charge < -0.3 is 0 Å². The first-order valence-corrected chi connectivity index (χ1v) is 6.44. The molecule has 2 nitrogen and oxygen atoms in total. The molecule has 2 rings (SSSR count). The molecule has 1 aromatic rings. The molecular weight excluding hydrogens is 266 g/mol. The molecule has 0 N–H and O–H groups in total. The molecule has 0 aromatic heterocycles. The Morgan fingerprint density at radius 1 is 1.38 bits per heavy atom. The number of hydrogen-bond donors (Lipinski definition) is 0. The number of ketones is 1. The van der Waals surface area contributed by atoms with Crippen LogP contribution in [0.25, 0.3) is 0 Å². The Hall–Kier alpha value is -0.670. The van der Waals surface area contributed by atoms with Gasteiger partial charge in [0.05, 0.1) is 0 Å². The van der Waals surface area contributed by atoms with Crippen LogP contribution >= 0.6 is 15.9 Å². The van der Waals surface area contributed by atoms with Gasteiger partial charge in [-0.25, -0.2) is 0 Å². The summed E-state index contributed by atoms with van der Waals surface area (Å²) in [5.41, 5.74) is 1.31. The monoisotopic (exact) mass is 281 g/mol. The van der Waals surface area contributed by atoms with Gasteiger partial charge in [0, 0.05) is 36.4 Å². The third kappa shape index (κ3) is 2.92. The second kappa shape index (κ2) is 5.11. The van der Waals surface area contributed by atoms with E-state index in [0.29, 0.717) is 24.7 Å². The summed E-state index contributed by atoms with van der Waals surface area (Å²) in [7, 11) is 0. The number of carbonyl (C=O) groups is 1. The van der Waals surface area contributed by atoms with Gasteiger partial charge in [-0.15, -0.1) is 0 Å². The maximum absolute atomic E-state index is 11.3. The molecule has 0 spiro atoms. The second-order valence-corrected chi connectivity index (χ2v) is 5.35. The number of piperidine rings is 1. The minimum absolute atomic E-state index is 0.380. The van der Waals surface area contributed by atoms with Crippen molar-refractivity contribution in [2.45, 2.75) is 32.4 Å². The fourth-order valence-corrected chi connectivity index (χ4v) is 2.37. The first kappa shape index (κ1) is 11.8. The highest BCUT2D eigenvalue weighted by Crippen LogP contribution is 2.18. The molecule has 1 heterocycles. The Balaban J connectivity index is 1.99. The lowest BCUT2D eigenvalue weighted by molar-refractivity contribution is -0.123. The predicted octanol–water partition coefficient (Wildman–Crippen LogP) is 3.00. The van der Waals surface area contributed by atoms with Crippen molar-refractivity contribution in [3.05, 3.63) is 34.3 Å². The maximum atomic E-state index is 11.3. The Morgan fingerprint density at radius 3 is 2.69 bits per heavy atom. The van der Waals surface area contributed by atoms with Crippen LogP contribution in [0.1, 0.15) is 25.3 Å². The van der Waals surface area contributed by atoms with Crippen molar-refractivity contribution in [2.24, 2.45) is 0 Å². The Morgan fingerprint density at radius 2 is 2.06 bits per heavy atom. The summed E-state index contributed by atoms with van der Waals surface area (Å²) in [6.45, 7) is 3.98. The molecule has 1 unspecified atom stereocenters. The molecule has 1 aliphatic rings. The molecule has 3 heteroatoms. The van der Waals surface area contributed by atoms with Crippen molar-refractivity contribution in [2.75, 3.05) is 6.54 Å². The van der Waals surface area contributed by atoms with Crippen molar-refractivity contribution in [1.82, 2.24) is 4.90 Å². The highest BCUT2D eigenvalue weighted by Gasteiger charge is 2.23. The van der Waals surface area contributed by atoms with Crippen molar-refractivity contribution >= 4 is 21.7 Å². The van der Waals surface area contributed by atoms with Crippen LogP contribution in [0.3, 0.4) is 0 Å². The van der Waals surface area contributed by atoms with Gasteiger partial charge in [-0.05, 0) is 24.6 Å². The zero-order valence-corrected chi connectivity index (χ0v) is 11.0. The van der Waals surface area contributed by atoms with E-state index in [1.165, 1.54) is 5.56 Å². The van der Waals surface area contributed by atoms with E-state index < -0.39 is 0 Å². The van der Waals surface area contributed by atoms with E-state index in [1.54, 1.807) is 0 Å². The standard InChI is InChI=1S/C13H16BrNO/c1-10-8-13(16)6-7-15(10)9-11-2-4-12(14)5-3-11/h2-5,10H,6-9H2,1H3. The van der Waals surface area contributed by atoms with Gasteiger partial charge in [0.1, 0.15) is 5.78 Å². The average molecular weight is 282 g/mol. The van der Waals surface area contributed by atoms with E-state index in [2.05, 4.69) is 52.0 Å². The Labute approximate surface area is 105 Å². The van der Waals surface area contributed by atoms with Crippen molar-refractivity contribution in [1.29, 1.82) is 0 Å². The fourth-order valence-electron chi connectivity index (χ4n) is 2.11. The number of halogens is 1. The molecule has 0 radical (unpaired) electrons. The molecule has 86 valence electrons. The van der Waals surface area contributed by atoms with Crippen LogP contribution in [0.2, 0.25) is 0 Å². The van der Waals surface area contributed by atoms with Crippen LogP contribution in [0.15, 0.2) is 28.7 Å². The third-order valence-corrected chi connectivity index (χ3v) is 3.65. The SMILES string of the molecule is CC1CC(=O)CCN1Cc1ccc(Br)cc1. The van der Waals surface area contributed by atoms with E-state index in [-0.39, 0.29) is 0 Å². The number of Topliss-reactive ketones (excluding diaryl/α,β-unsaturated/α-hetero) is 1. The van der Waals surface area contributed by atoms with Gasteiger partial charge in [0.2, 0.25) is 0 Å². The van der Waals surface area contributed by atoms with Gasteiger partial charge in [0.15, 0.2) is 0 Å². The van der Waals surface area contributed by atoms with Gasteiger partial charge in [-0.3, -0.25) is 9.69 Å². The number of nitrogens with zero attached hydrogens (tertiary/aromatic N) is 1. The Kier molecular flexibility index (Phi) is 3.77. The minimum atomic E-state index is 0.380. The number of likely N-dealkylation sites (tertiary alicyclic amines) is 1. The smallest absolute Gasteiger partial charge is 0.135 e. The first-order chi connectivity index (χ1) is 7.65. The lowest BCUT2D eigenvalue weighted by Gasteiger charge is -2.32. The molecular formula is C13H16BrNO. The summed E-state index contributed by atoms with van der Waals surface area (Å²) in [5.74, 6) is 0.402. The summed E-state index contributed by atoms with van der Waals surface area (Å²) in [5, 5.41) is 0. The Bertz CT molecular complexity index is 374. The summed E-state index contributed by atoms with van der Waals surface area (Å²) >= 11 is 3.43. The first-order valence-electron chi connectivity index (χ1n) is 5.65. The quantitative estimate of drug-likeness (QED) is 0.831. The van der Waals surface area contributed by atoms with Gasteiger partial charge in [-0.1, -0.05) is 28.1 Å². The molecule has 1 aliphatic heterocycles.